The summed E-state index contributed by atoms with van der Waals surface area (Å²) in [6.07, 6.45) is -0.627. The third-order valence-electron chi connectivity index (χ3n) is 2.85. The fourth-order valence-corrected chi connectivity index (χ4v) is 3.07. The van der Waals surface area contributed by atoms with Gasteiger partial charge in [0.15, 0.2) is 0 Å². The summed E-state index contributed by atoms with van der Waals surface area (Å²) in [6, 6.07) is 9.16. The summed E-state index contributed by atoms with van der Waals surface area (Å²) in [4.78, 5) is 0. The first-order valence-corrected chi connectivity index (χ1v) is 8.48. The normalized spacial score (nSPS) is 12.1. The number of hydrogen-bond donors (Lipinski definition) is 1. The Morgan fingerprint density at radius 1 is 0.952 bits per heavy atom. The average Bonchev–Trinajstić information content (AvgIpc) is 2.44. The van der Waals surface area contributed by atoms with Crippen molar-refractivity contribution in [2.75, 3.05) is 7.11 Å². The molecule has 0 saturated carbocycles. The van der Waals surface area contributed by atoms with E-state index >= 15 is 0 Å². The topological polar surface area (TPSA) is 38.7 Å². The zero-order chi connectivity index (χ0) is 15.6. The van der Waals surface area contributed by atoms with Gasteiger partial charge in [0, 0.05) is 10.0 Å². The Morgan fingerprint density at radius 3 is 2.19 bits per heavy atom. The van der Waals surface area contributed by atoms with Crippen LogP contribution in [0.2, 0.25) is 0 Å². The molecule has 1 N–H and O–H groups in total. The third kappa shape index (κ3) is 4.00. The minimum atomic E-state index is -0.627. The van der Waals surface area contributed by atoms with Crippen molar-refractivity contribution < 1.29 is 14.6 Å². The molecule has 0 fully saturated rings. The minimum Gasteiger partial charge on any atom is -0.496 e. The van der Waals surface area contributed by atoms with Crippen LogP contribution >= 0.6 is 47.8 Å². The lowest BCUT2D eigenvalue weighted by Gasteiger charge is -2.15. The SMILES string of the molecule is COc1cc(Br)c(Oc2ccc(Br)cc2C(C)O)cc1Br. The molecule has 0 saturated heterocycles. The summed E-state index contributed by atoms with van der Waals surface area (Å²) in [7, 11) is 1.60. The van der Waals surface area contributed by atoms with Crippen LogP contribution in [0.15, 0.2) is 43.7 Å². The molecule has 6 heteroatoms. The smallest absolute Gasteiger partial charge is 0.143 e. The van der Waals surface area contributed by atoms with Crippen molar-refractivity contribution in [1.82, 2.24) is 0 Å². The molecule has 0 radical (unpaired) electrons. The molecule has 0 aliphatic heterocycles. The molecule has 2 aromatic carbocycles. The zero-order valence-corrected chi connectivity index (χ0v) is 16.1. The van der Waals surface area contributed by atoms with E-state index in [0.29, 0.717) is 22.8 Å². The van der Waals surface area contributed by atoms with Crippen molar-refractivity contribution in [3.8, 4) is 17.2 Å². The second kappa shape index (κ2) is 7.13. The number of ether oxygens (including phenoxy) is 2. The lowest BCUT2D eigenvalue weighted by atomic mass is 10.1. The van der Waals surface area contributed by atoms with Crippen LogP contribution in [0.5, 0.6) is 17.2 Å². The Labute approximate surface area is 148 Å². The van der Waals surface area contributed by atoms with Gasteiger partial charge in [-0.15, -0.1) is 0 Å². The molecule has 1 atom stereocenters. The standard InChI is InChI=1S/C15H13Br3O3/c1-8(19)10-5-9(16)3-4-13(10)21-15-7-11(17)14(20-2)6-12(15)18/h3-8,19H,1-2H3. The van der Waals surface area contributed by atoms with Crippen LogP contribution in [-0.2, 0) is 0 Å². The predicted molar refractivity (Wildman–Crippen MR) is 93.2 cm³/mol. The third-order valence-corrected chi connectivity index (χ3v) is 4.58. The molecule has 0 spiro atoms. The van der Waals surface area contributed by atoms with Gasteiger partial charge < -0.3 is 14.6 Å². The molecule has 0 aliphatic rings. The van der Waals surface area contributed by atoms with Gasteiger partial charge in [0.2, 0.25) is 0 Å². The van der Waals surface area contributed by atoms with Gasteiger partial charge in [-0.05, 0) is 69.1 Å². The molecule has 0 aromatic heterocycles. The highest BCUT2D eigenvalue weighted by Gasteiger charge is 2.14. The summed E-state index contributed by atoms with van der Waals surface area (Å²) < 4.78 is 13.6. The van der Waals surface area contributed by atoms with Crippen LogP contribution in [0.3, 0.4) is 0 Å². The lowest BCUT2D eigenvalue weighted by molar-refractivity contribution is 0.195. The maximum absolute atomic E-state index is 9.87. The Kier molecular flexibility index (Phi) is 5.71. The fourth-order valence-electron chi connectivity index (χ4n) is 1.80. The van der Waals surface area contributed by atoms with E-state index in [4.69, 9.17) is 9.47 Å². The Morgan fingerprint density at radius 2 is 1.57 bits per heavy atom. The van der Waals surface area contributed by atoms with Crippen LogP contribution in [0.25, 0.3) is 0 Å². The molecular formula is C15H13Br3O3. The van der Waals surface area contributed by atoms with Gasteiger partial charge in [0.05, 0.1) is 22.2 Å². The first-order chi connectivity index (χ1) is 9.92. The summed E-state index contributed by atoms with van der Waals surface area (Å²) in [5.74, 6) is 1.94. The molecule has 0 bridgehead atoms. The second-order valence-electron chi connectivity index (χ2n) is 4.38. The monoisotopic (exact) mass is 478 g/mol. The van der Waals surface area contributed by atoms with E-state index in [2.05, 4.69) is 47.8 Å². The van der Waals surface area contributed by atoms with E-state index in [0.717, 1.165) is 13.4 Å². The maximum atomic E-state index is 9.87. The van der Waals surface area contributed by atoms with Crippen molar-refractivity contribution in [1.29, 1.82) is 0 Å². The molecule has 21 heavy (non-hydrogen) atoms. The second-order valence-corrected chi connectivity index (χ2v) is 7.00. The number of benzene rings is 2. The number of aliphatic hydroxyl groups is 1. The van der Waals surface area contributed by atoms with Gasteiger partial charge >= 0.3 is 0 Å². The van der Waals surface area contributed by atoms with E-state index in [1.165, 1.54) is 0 Å². The van der Waals surface area contributed by atoms with E-state index < -0.39 is 6.10 Å². The summed E-state index contributed by atoms with van der Waals surface area (Å²) in [6.45, 7) is 1.70. The number of methoxy groups -OCH3 is 1. The van der Waals surface area contributed by atoms with Gasteiger partial charge in [-0.2, -0.15) is 0 Å². The van der Waals surface area contributed by atoms with Gasteiger partial charge in [0.25, 0.3) is 0 Å². The average molecular weight is 481 g/mol. The Balaban J connectivity index is 2.41. The lowest BCUT2D eigenvalue weighted by Crippen LogP contribution is -1.97. The number of aliphatic hydroxyl groups excluding tert-OH is 1. The van der Waals surface area contributed by atoms with E-state index in [9.17, 15) is 5.11 Å². The number of halogens is 3. The molecular weight excluding hydrogens is 468 g/mol. The van der Waals surface area contributed by atoms with Crippen LogP contribution in [-0.4, -0.2) is 12.2 Å². The predicted octanol–water partition coefficient (Wildman–Crippen LogP) is 5.83. The molecule has 0 aliphatic carbocycles. The molecule has 2 aromatic rings. The molecule has 0 heterocycles. The van der Waals surface area contributed by atoms with Crippen molar-refractivity contribution in [2.24, 2.45) is 0 Å². The zero-order valence-electron chi connectivity index (χ0n) is 11.4. The fraction of sp³-hybridized carbons (Fsp3) is 0.200. The van der Waals surface area contributed by atoms with E-state index in [-0.39, 0.29) is 0 Å². The highest BCUT2D eigenvalue weighted by atomic mass is 79.9. The van der Waals surface area contributed by atoms with Gasteiger partial charge in [-0.1, -0.05) is 15.9 Å². The first kappa shape index (κ1) is 16.8. The Hall–Kier alpha value is -0.560. The maximum Gasteiger partial charge on any atom is 0.143 e. The molecule has 112 valence electrons. The minimum absolute atomic E-state index is 0.603. The van der Waals surface area contributed by atoms with E-state index in [1.807, 2.05) is 30.3 Å². The quantitative estimate of drug-likeness (QED) is 0.598. The largest absolute Gasteiger partial charge is 0.496 e. The van der Waals surface area contributed by atoms with Crippen LogP contribution < -0.4 is 9.47 Å². The highest BCUT2D eigenvalue weighted by Crippen LogP contribution is 2.40. The molecule has 3 nitrogen and oxygen atoms in total. The summed E-state index contributed by atoms with van der Waals surface area (Å²) in [5, 5.41) is 9.87. The van der Waals surface area contributed by atoms with Crippen LogP contribution in [0.4, 0.5) is 0 Å². The number of hydrogen-bond acceptors (Lipinski definition) is 3. The molecule has 2 rings (SSSR count). The van der Waals surface area contributed by atoms with Crippen molar-refractivity contribution in [3.05, 3.63) is 49.3 Å². The van der Waals surface area contributed by atoms with Gasteiger partial charge in [0.1, 0.15) is 17.2 Å². The van der Waals surface area contributed by atoms with Gasteiger partial charge in [-0.3, -0.25) is 0 Å². The van der Waals surface area contributed by atoms with Crippen molar-refractivity contribution >= 4 is 47.8 Å². The summed E-state index contributed by atoms with van der Waals surface area (Å²) >= 11 is 10.3. The molecule has 0 amide bonds. The summed E-state index contributed by atoms with van der Waals surface area (Å²) in [5.41, 5.74) is 0.711. The Bertz CT molecular complexity index is 657. The van der Waals surface area contributed by atoms with Gasteiger partial charge in [-0.25, -0.2) is 0 Å². The molecule has 1 unspecified atom stereocenters. The number of rotatable bonds is 4. The van der Waals surface area contributed by atoms with Crippen molar-refractivity contribution in [3.63, 3.8) is 0 Å². The first-order valence-electron chi connectivity index (χ1n) is 6.10. The van der Waals surface area contributed by atoms with Crippen molar-refractivity contribution in [2.45, 2.75) is 13.0 Å². The van der Waals surface area contributed by atoms with Crippen LogP contribution in [0, 0.1) is 0 Å². The van der Waals surface area contributed by atoms with E-state index in [1.54, 1.807) is 14.0 Å². The highest BCUT2D eigenvalue weighted by molar-refractivity contribution is 9.11. The van der Waals surface area contributed by atoms with Crippen LogP contribution in [0.1, 0.15) is 18.6 Å².